The van der Waals surface area contributed by atoms with E-state index in [1.165, 1.54) is 12.4 Å². The van der Waals surface area contributed by atoms with Gasteiger partial charge in [0, 0.05) is 25.5 Å². The van der Waals surface area contributed by atoms with Gasteiger partial charge in [0.2, 0.25) is 5.95 Å². The van der Waals surface area contributed by atoms with Crippen LogP contribution < -0.4 is 4.90 Å². The first-order chi connectivity index (χ1) is 7.54. The minimum atomic E-state index is -1.02. The normalized spacial score (nSPS) is 9.88. The van der Waals surface area contributed by atoms with Crippen molar-refractivity contribution in [3.05, 3.63) is 30.1 Å². The van der Waals surface area contributed by atoms with Crippen LogP contribution in [0.2, 0.25) is 0 Å². The van der Waals surface area contributed by atoms with Crippen LogP contribution in [-0.4, -0.2) is 34.1 Å². The third kappa shape index (κ3) is 3.05. The molecule has 86 valence electrons. The fraction of sp³-hybridized carbons (Fsp3) is 0.364. The van der Waals surface area contributed by atoms with Crippen LogP contribution in [-0.2, 0) is 0 Å². The Morgan fingerprint density at radius 3 is 2.44 bits per heavy atom. The van der Waals surface area contributed by atoms with Crippen LogP contribution >= 0.6 is 0 Å². The molecule has 0 unspecified atom stereocenters. The lowest BCUT2D eigenvalue weighted by atomic mass is 10.3. The largest absolute Gasteiger partial charge is 0.478 e. The van der Waals surface area contributed by atoms with Gasteiger partial charge in [-0.15, -0.1) is 0 Å². The second-order valence-electron chi connectivity index (χ2n) is 3.55. The molecule has 0 radical (unpaired) electrons. The Bertz CT molecular complexity index is 387. The number of nitrogens with zero attached hydrogens (tertiary/aromatic N) is 3. The number of hydrogen-bond acceptors (Lipinski definition) is 4. The molecule has 0 saturated carbocycles. The summed E-state index contributed by atoms with van der Waals surface area (Å²) in [7, 11) is 0. The predicted molar refractivity (Wildman–Crippen MR) is 61.7 cm³/mol. The first kappa shape index (κ1) is 12.2. The van der Waals surface area contributed by atoms with Crippen LogP contribution in [0.1, 0.15) is 24.2 Å². The first-order valence-corrected chi connectivity index (χ1v) is 4.99. The summed E-state index contributed by atoms with van der Waals surface area (Å²) in [5.41, 5.74) is 1.10. The number of aromatic carboxylic acids is 1. The van der Waals surface area contributed by atoms with Crippen molar-refractivity contribution in [2.24, 2.45) is 0 Å². The maximum absolute atomic E-state index is 10.6. The van der Waals surface area contributed by atoms with Crippen LogP contribution in [0.15, 0.2) is 24.5 Å². The average Bonchev–Trinajstić information content (AvgIpc) is 2.25. The highest BCUT2D eigenvalue weighted by molar-refractivity contribution is 5.86. The van der Waals surface area contributed by atoms with E-state index in [1.54, 1.807) is 0 Å². The van der Waals surface area contributed by atoms with Crippen molar-refractivity contribution >= 4 is 11.9 Å². The van der Waals surface area contributed by atoms with E-state index in [-0.39, 0.29) is 5.56 Å². The lowest BCUT2D eigenvalue weighted by Crippen LogP contribution is -2.26. The molecule has 1 N–H and O–H groups in total. The highest BCUT2D eigenvalue weighted by Crippen LogP contribution is 2.08. The number of carbonyl (C=O) groups is 1. The standard InChI is InChI=1S/C11H15N3O2/c1-4-14(7-8(2)3)11-12-5-9(6-13-11)10(15)16/h5-6H,2,4,7H2,1,3H3,(H,15,16). The molecule has 0 fully saturated rings. The molecule has 1 aromatic heterocycles. The van der Waals surface area contributed by atoms with E-state index in [2.05, 4.69) is 16.5 Å². The molecule has 0 bridgehead atoms. The molecule has 0 amide bonds. The van der Waals surface area contributed by atoms with Gasteiger partial charge >= 0.3 is 5.97 Å². The Balaban J connectivity index is 2.86. The number of anilines is 1. The van der Waals surface area contributed by atoms with E-state index < -0.39 is 5.97 Å². The first-order valence-electron chi connectivity index (χ1n) is 4.99. The molecular formula is C11H15N3O2. The van der Waals surface area contributed by atoms with Crippen LogP contribution in [0, 0.1) is 0 Å². The van der Waals surface area contributed by atoms with E-state index in [4.69, 9.17) is 5.11 Å². The van der Waals surface area contributed by atoms with Crippen molar-refractivity contribution in [1.29, 1.82) is 0 Å². The van der Waals surface area contributed by atoms with Gasteiger partial charge in [-0.1, -0.05) is 12.2 Å². The molecule has 0 atom stereocenters. The van der Waals surface area contributed by atoms with Crippen LogP contribution in [0.3, 0.4) is 0 Å². The van der Waals surface area contributed by atoms with Crippen molar-refractivity contribution in [2.75, 3.05) is 18.0 Å². The van der Waals surface area contributed by atoms with Gasteiger partial charge in [0.15, 0.2) is 0 Å². The maximum atomic E-state index is 10.6. The van der Waals surface area contributed by atoms with Crippen LogP contribution in [0.4, 0.5) is 5.95 Å². The lowest BCUT2D eigenvalue weighted by Gasteiger charge is -2.20. The molecule has 1 aromatic rings. The van der Waals surface area contributed by atoms with Crippen molar-refractivity contribution in [3.63, 3.8) is 0 Å². The van der Waals surface area contributed by atoms with Crippen LogP contribution in [0.5, 0.6) is 0 Å². The third-order valence-corrected chi connectivity index (χ3v) is 2.01. The number of aromatic nitrogens is 2. The van der Waals surface area contributed by atoms with Gasteiger partial charge in [-0.25, -0.2) is 14.8 Å². The van der Waals surface area contributed by atoms with Crippen molar-refractivity contribution in [1.82, 2.24) is 9.97 Å². The topological polar surface area (TPSA) is 66.3 Å². The minimum absolute atomic E-state index is 0.0927. The van der Waals surface area contributed by atoms with Crippen molar-refractivity contribution < 1.29 is 9.90 Å². The molecule has 0 spiro atoms. The lowest BCUT2D eigenvalue weighted by molar-refractivity contribution is 0.0696. The SMILES string of the molecule is C=C(C)CN(CC)c1ncc(C(=O)O)cn1. The number of hydrogen-bond donors (Lipinski definition) is 1. The predicted octanol–water partition coefficient (Wildman–Crippen LogP) is 1.58. The highest BCUT2D eigenvalue weighted by Gasteiger charge is 2.09. The van der Waals surface area contributed by atoms with E-state index in [9.17, 15) is 4.79 Å². The average molecular weight is 221 g/mol. The Morgan fingerprint density at radius 2 is 2.06 bits per heavy atom. The summed E-state index contributed by atoms with van der Waals surface area (Å²) in [4.78, 5) is 20.6. The van der Waals surface area contributed by atoms with Gasteiger partial charge in [-0.3, -0.25) is 0 Å². The van der Waals surface area contributed by atoms with Gasteiger partial charge in [-0.2, -0.15) is 0 Å². The zero-order valence-corrected chi connectivity index (χ0v) is 9.47. The fourth-order valence-corrected chi connectivity index (χ4v) is 1.24. The van der Waals surface area contributed by atoms with Crippen molar-refractivity contribution in [2.45, 2.75) is 13.8 Å². The number of carboxylic acids is 1. The maximum Gasteiger partial charge on any atom is 0.338 e. The monoisotopic (exact) mass is 221 g/mol. The summed E-state index contributed by atoms with van der Waals surface area (Å²) in [5, 5.41) is 8.71. The number of likely N-dealkylation sites (N-methyl/N-ethyl adjacent to an activating group) is 1. The second-order valence-corrected chi connectivity index (χ2v) is 3.55. The number of carboxylic acid groups (broad SMARTS) is 1. The quantitative estimate of drug-likeness (QED) is 0.764. The molecule has 5 nitrogen and oxygen atoms in total. The Morgan fingerprint density at radius 1 is 1.50 bits per heavy atom. The van der Waals surface area contributed by atoms with E-state index in [1.807, 2.05) is 18.7 Å². The minimum Gasteiger partial charge on any atom is -0.478 e. The Labute approximate surface area is 94.5 Å². The van der Waals surface area contributed by atoms with Gasteiger partial charge in [-0.05, 0) is 13.8 Å². The molecule has 16 heavy (non-hydrogen) atoms. The molecule has 0 aliphatic rings. The summed E-state index contributed by atoms with van der Waals surface area (Å²) in [6, 6.07) is 0. The fourth-order valence-electron chi connectivity index (χ4n) is 1.24. The Hall–Kier alpha value is -1.91. The van der Waals surface area contributed by atoms with Gasteiger partial charge in [0.1, 0.15) is 0 Å². The summed E-state index contributed by atoms with van der Waals surface area (Å²) < 4.78 is 0. The van der Waals surface area contributed by atoms with Gasteiger partial charge < -0.3 is 10.0 Å². The molecule has 1 heterocycles. The number of rotatable bonds is 5. The molecule has 0 aromatic carbocycles. The van der Waals surface area contributed by atoms with Crippen molar-refractivity contribution in [3.8, 4) is 0 Å². The molecule has 5 heteroatoms. The van der Waals surface area contributed by atoms with Gasteiger partial charge in [0.25, 0.3) is 0 Å². The highest BCUT2D eigenvalue weighted by atomic mass is 16.4. The summed E-state index contributed by atoms with van der Waals surface area (Å²) in [6.45, 7) is 9.15. The van der Waals surface area contributed by atoms with E-state index >= 15 is 0 Å². The third-order valence-electron chi connectivity index (χ3n) is 2.01. The van der Waals surface area contributed by atoms with E-state index in [0.29, 0.717) is 12.5 Å². The molecule has 1 rings (SSSR count). The molecule has 0 saturated heterocycles. The van der Waals surface area contributed by atoms with Gasteiger partial charge in [0.05, 0.1) is 5.56 Å². The van der Waals surface area contributed by atoms with Crippen LogP contribution in [0.25, 0.3) is 0 Å². The summed E-state index contributed by atoms with van der Waals surface area (Å²) >= 11 is 0. The summed E-state index contributed by atoms with van der Waals surface area (Å²) in [5.74, 6) is -0.495. The zero-order valence-electron chi connectivity index (χ0n) is 9.47. The Kier molecular flexibility index (Phi) is 3.99. The second kappa shape index (κ2) is 5.25. The summed E-state index contributed by atoms with van der Waals surface area (Å²) in [6.07, 6.45) is 2.62. The molecule has 0 aliphatic carbocycles. The molecular weight excluding hydrogens is 206 g/mol. The zero-order chi connectivity index (χ0) is 12.1. The smallest absolute Gasteiger partial charge is 0.338 e. The molecule has 0 aliphatic heterocycles. The van der Waals surface area contributed by atoms with E-state index in [0.717, 1.165) is 12.1 Å².